The molecule has 0 spiro atoms. The van der Waals surface area contributed by atoms with Crippen molar-refractivity contribution in [2.75, 3.05) is 23.7 Å². The van der Waals surface area contributed by atoms with Crippen LogP contribution in [0.2, 0.25) is 0 Å². The first kappa shape index (κ1) is 12.2. The van der Waals surface area contributed by atoms with Crippen molar-refractivity contribution >= 4 is 11.4 Å². The third-order valence-electron chi connectivity index (χ3n) is 3.25. The first-order chi connectivity index (χ1) is 7.97. The van der Waals surface area contributed by atoms with E-state index in [2.05, 4.69) is 32.6 Å². The van der Waals surface area contributed by atoms with Gasteiger partial charge in [0.15, 0.2) is 0 Å². The second-order valence-electron chi connectivity index (χ2n) is 5.17. The molecule has 1 aliphatic heterocycles. The summed E-state index contributed by atoms with van der Waals surface area (Å²) in [5.41, 5.74) is 10.5. The average molecular weight is 234 g/mol. The Bertz CT molecular complexity index is 384. The molecule has 1 aromatic rings. The quantitative estimate of drug-likeness (QED) is 0.759. The minimum Gasteiger partial charge on any atom is -0.399 e. The van der Waals surface area contributed by atoms with E-state index in [1.807, 2.05) is 12.1 Å². The molecule has 2 atom stereocenters. The number of hydrogen-bond donors (Lipinski definition) is 1. The highest BCUT2D eigenvalue weighted by atomic mass is 16.5. The molecule has 1 saturated heterocycles. The Morgan fingerprint density at radius 1 is 1.12 bits per heavy atom. The molecular weight excluding hydrogens is 212 g/mol. The van der Waals surface area contributed by atoms with Gasteiger partial charge in [0, 0.05) is 24.5 Å². The standard InChI is InChI=1S/C14H22N2O/c1-9-5-13(15)6-10(2)14(9)16-7-11(3)17-12(4)8-16/h5-6,11-12H,7-8,15H2,1-4H3. The summed E-state index contributed by atoms with van der Waals surface area (Å²) in [6.45, 7) is 10.4. The molecule has 2 unspecified atom stereocenters. The van der Waals surface area contributed by atoms with Gasteiger partial charge in [0.05, 0.1) is 12.2 Å². The van der Waals surface area contributed by atoms with E-state index in [0.717, 1.165) is 18.8 Å². The topological polar surface area (TPSA) is 38.5 Å². The Balaban J connectivity index is 2.33. The largest absolute Gasteiger partial charge is 0.399 e. The SMILES string of the molecule is Cc1cc(N)cc(C)c1N1CC(C)OC(C)C1. The van der Waals surface area contributed by atoms with Crippen LogP contribution in [0.4, 0.5) is 11.4 Å². The van der Waals surface area contributed by atoms with Crippen LogP contribution in [0.25, 0.3) is 0 Å². The summed E-state index contributed by atoms with van der Waals surface area (Å²) in [5.74, 6) is 0. The zero-order valence-corrected chi connectivity index (χ0v) is 11.2. The molecule has 0 aromatic heterocycles. The van der Waals surface area contributed by atoms with Gasteiger partial charge in [-0.15, -0.1) is 0 Å². The number of rotatable bonds is 1. The van der Waals surface area contributed by atoms with Crippen LogP contribution >= 0.6 is 0 Å². The molecule has 0 radical (unpaired) electrons. The monoisotopic (exact) mass is 234 g/mol. The number of ether oxygens (including phenoxy) is 1. The number of morpholine rings is 1. The first-order valence-corrected chi connectivity index (χ1v) is 6.24. The van der Waals surface area contributed by atoms with Crippen LogP contribution in [0.5, 0.6) is 0 Å². The van der Waals surface area contributed by atoms with Crippen LogP contribution in [-0.4, -0.2) is 25.3 Å². The molecule has 2 rings (SSSR count). The Morgan fingerprint density at radius 2 is 1.59 bits per heavy atom. The molecule has 0 saturated carbocycles. The number of benzene rings is 1. The van der Waals surface area contributed by atoms with E-state index in [9.17, 15) is 0 Å². The fourth-order valence-corrected chi connectivity index (χ4v) is 2.85. The summed E-state index contributed by atoms with van der Waals surface area (Å²) in [4.78, 5) is 2.42. The van der Waals surface area contributed by atoms with Crippen molar-refractivity contribution in [1.82, 2.24) is 0 Å². The Hall–Kier alpha value is -1.22. The summed E-state index contributed by atoms with van der Waals surface area (Å²) in [7, 11) is 0. The van der Waals surface area contributed by atoms with Crippen LogP contribution in [0.1, 0.15) is 25.0 Å². The minimum atomic E-state index is 0.287. The Labute approximate surface area is 104 Å². The normalized spacial score (nSPS) is 25.1. The van der Waals surface area contributed by atoms with Gasteiger partial charge in [-0.25, -0.2) is 0 Å². The summed E-state index contributed by atoms with van der Waals surface area (Å²) < 4.78 is 5.77. The fourth-order valence-electron chi connectivity index (χ4n) is 2.85. The van der Waals surface area contributed by atoms with Crippen LogP contribution in [0, 0.1) is 13.8 Å². The van der Waals surface area contributed by atoms with Crippen LogP contribution in [-0.2, 0) is 4.74 Å². The van der Waals surface area contributed by atoms with Crippen molar-refractivity contribution in [3.63, 3.8) is 0 Å². The third-order valence-corrected chi connectivity index (χ3v) is 3.25. The van der Waals surface area contributed by atoms with Gasteiger partial charge in [0.25, 0.3) is 0 Å². The first-order valence-electron chi connectivity index (χ1n) is 6.24. The van der Waals surface area contributed by atoms with Crippen LogP contribution in [0.3, 0.4) is 0 Å². The molecule has 1 heterocycles. The fraction of sp³-hybridized carbons (Fsp3) is 0.571. The Kier molecular flexibility index (Phi) is 3.29. The van der Waals surface area contributed by atoms with Crippen molar-refractivity contribution in [2.45, 2.75) is 39.9 Å². The van der Waals surface area contributed by atoms with Gasteiger partial charge >= 0.3 is 0 Å². The number of anilines is 2. The molecule has 3 nitrogen and oxygen atoms in total. The number of nitrogen functional groups attached to an aromatic ring is 1. The maximum absolute atomic E-state index is 5.87. The van der Waals surface area contributed by atoms with E-state index < -0.39 is 0 Å². The van der Waals surface area contributed by atoms with E-state index in [1.54, 1.807) is 0 Å². The number of nitrogens with two attached hydrogens (primary N) is 1. The molecule has 1 fully saturated rings. The van der Waals surface area contributed by atoms with Gasteiger partial charge in [-0.3, -0.25) is 0 Å². The molecule has 0 bridgehead atoms. The molecular formula is C14H22N2O. The number of aryl methyl sites for hydroxylation is 2. The highest BCUT2D eigenvalue weighted by Gasteiger charge is 2.24. The molecule has 17 heavy (non-hydrogen) atoms. The van der Waals surface area contributed by atoms with E-state index in [1.165, 1.54) is 16.8 Å². The third kappa shape index (κ3) is 2.55. The van der Waals surface area contributed by atoms with Crippen molar-refractivity contribution in [3.8, 4) is 0 Å². The van der Waals surface area contributed by atoms with Crippen molar-refractivity contribution in [3.05, 3.63) is 23.3 Å². The highest BCUT2D eigenvalue weighted by Crippen LogP contribution is 2.29. The van der Waals surface area contributed by atoms with Crippen LogP contribution in [0.15, 0.2) is 12.1 Å². The van der Waals surface area contributed by atoms with Crippen molar-refractivity contribution < 1.29 is 4.74 Å². The van der Waals surface area contributed by atoms with Gasteiger partial charge in [0.1, 0.15) is 0 Å². The van der Waals surface area contributed by atoms with E-state index in [4.69, 9.17) is 10.5 Å². The van der Waals surface area contributed by atoms with Gasteiger partial charge in [-0.1, -0.05) is 0 Å². The molecule has 0 amide bonds. The average Bonchev–Trinajstić information content (AvgIpc) is 2.13. The zero-order valence-electron chi connectivity index (χ0n) is 11.2. The number of hydrogen-bond acceptors (Lipinski definition) is 3. The maximum Gasteiger partial charge on any atom is 0.0726 e. The molecule has 3 heteroatoms. The number of nitrogens with zero attached hydrogens (tertiary/aromatic N) is 1. The van der Waals surface area contributed by atoms with Gasteiger partial charge < -0.3 is 15.4 Å². The van der Waals surface area contributed by atoms with Gasteiger partial charge in [-0.2, -0.15) is 0 Å². The maximum atomic E-state index is 5.87. The lowest BCUT2D eigenvalue weighted by Crippen LogP contribution is -2.46. The molecule has 2 N–H and O–H groups in total. The summed E-state index contributed by atoms with van der Waals surface area (Å²) in [6, 6.07) is 4.10. The van der Waals surface area contributed by atoms with Crippen molar-refractivity contribution in [1.29, 1.82) is 0 Å². The van der Waals surface area contributed by atoms with E-state index in [-0.39, 0.29) is 12.2 Å². The van der Waals surface area contributed by atoms with Crippen LogP contribution < -0.4 is 10.6 Å². The lowest BCUT2D eigenvalue weighted by molar-refractivity contribution is -0.00527. The predicted octanol–water partition coefficient (Wildman–Crippen LogP) is 2.50. The highest BCUT2D eigenvalue weighted by molar-refractivity contribution is 5.64. The smallest absolute Gasteiger partial charge is 0.0726 e. The molecule has 1 aromatic carbocycles. The second-order valence-corrected chi connectivity index (χ2v) is 5.17. The zero-order chi connectivity index (χ0) is 12.6. The lowest BCUT2D eigenvalue weighted by atomic mass is 10.0. The molecule has 1 aliphatic rings. The van der Waals surface area contributed by atoms with E-state index in [0.29, 0.717) is 0 Å². The molecule has 0 aliphatic carbocycles. The van der Waals surface area contributed by atoms with Crippen molar-refractivity contribution in [2.24, 2.45) is 0 Å². The second kappa shape index (κ2) is 4.57. The van der Waals surface area contributed by atoms with E-state index >= 15 is 0 Å². The van der Waals surface area contributed by atoms with Gasteiger partial charge in [-0.05, 0) is 51.0 Å². The summed E-state index contributed by atoms with van der Waals surface area (Å²) >= 11 is 0. The van der Waals surface area contributed by atoms with Gasteiger partial charge in [0.2, 0.25) is 0 Å². The molecule has 94 valence electrons. The predicted molar refractivity (Wildman–Crippen MR) is 72.6 cm³/mol. The lowest BCUT2D eigenvalue weighted by Gasteiger charge is -2.38. The summed E-state index contributed by atoms with van der Waals surface area (Å²) in [5, 5.41) is 0. The summed E-state index contributed by atoms with van der Waals surface area (Å²) in [6.07, 6.45) is 0.574. The minimum absolute atomic E-state index is 0.287. The Morgan fingerprint density at radius 3 is 2.06 bits per heavy atom.